The van der Waals surface area contributed by atoms with Crippen molar-refractivity contribution in [3.63, 3.8) is 0 Å². The minimum absolute atomic E-state index is 0.105. The van der Waals surface area contributed by atoms with Crippen molar-refractivity contribution in [1.29, 1.82) is 0 Å². The summed E-state index contributed by atoms with van der Waals surface area (Å²) in [5.74, 6) is -1.09. The SMILES string of the molecule is CCCCCCCCCCCCCCCCCCCCCCCC(=O)OC(COC(=O)CCCCCCCCC)COP(=O)(O)OC1C(O)C(O)C(O)C(O)C1O. The van der Waals surface area contributed by atoms with Crippen LogP contribution in [0.25, 0.3) is 0 Å². The number of aliphatic hydroxyl groups excluding tert-OH is 5. The van der Waals surface area contributed by atoms with E-state index in [0.717, 1.165) is 51.4 Å². The summed E-state index contributed by atoms with van der Waals surface area (Å²) in [6, 6.07) is 0. The van der Waals surface area contributed by atoms with Gasteiger partial charge in [0.15, 0.2) is 6.10 Å². The van der Waals surface area contributed by atoms with Crippen molar-refractivity contribution in [2.24, 2.45) is 0 Å². The quantitative estimate of drug-likeness (QED) is 0.0196. The van der Waals surface area contributed by atoms with Crippen LogP contribution in [-0.4, -0.2) is 98.3 Å². The van der Waals surface area contributed by atoms with Crippen LogP contribution in [0.5, 0.6) is 0 Å². The number of hydrogen-bond donors (Lipinski definition) is 6. The number of ether oxygens (including phenoxy) is 2. The van der Waals surface area contributed by atoms with E-state index >= 15 is 0 Å². The summed E-state index contributed by atoms with van der Waals surface area (Å²) in [5.41, 5.74) is 0. The van der Waals surface area contributed by atoms with Crippen LogP contribution >= 0.6 is 7.82 Å². The first-order valence-electron chi connectivity index (χ1n) is 22.8. The van der Waals surface area contributed by atoms with Gasteiger partial charge < -0.3 is 39.9 Å². The van der Waals surface area contributed by atoms with E-state index in [2.05, 4.69) is 13.8 Å². The number of carbonyl (C=O) groups excluding carboxylic acids is 2. The van der Waals surface area contributed by atoms with Gasteiger partial charge in [-0.15, -0.1) is 0 Å². The molecule has 0 heterocycles. The lowest BCUT2D eigenvalue weighted by Gasteiger charge is -2.41. The molecule has 0 radical (unpaired) electrons. The average Bonchev–Trinajstić information content (AvgIpc) is 3.19. The Labute approximate surface area is 344 Å². The molecule has 0 aromatic heterocycles. The van der Waals surface area contributed by atoms with Gasteiger partial charge in [-0.25, -0.2) is 4.57 Å². The molecule has 13 nitrogen and oxygen atoms in total. The van der Waals surface area contributed by atoms with Gasteiger partial charge in [-0.3, -0.25) is 18.6 Å². The van der Waals surface area contributed by atoms with Gasteiger partial charge in [0.2, 0.25) is 0 Å². The summed E-state index contributed by atoms with van der Waals surface area (Å²) < 4.78 is 33.4. The van der Waals surface area contributed by atoms with E-state index < -0.39 is 75.7 Å². The lowest BCUT2D eigenvalue weighted by Crippen LogP contribution is -2.64. The minimum Gasteiger partial charge on any atom is -0.462 e. The highest BCUT2D eigenvalue weighted by Crippen LogP contribution is 2.47. The number of phosphoric acid groups is 1. The fourth-order valence-electron chi connectivity index (χ4n) is 7.23. The number of aliphatic hydroxyl groups is 5. The fourth-order valence-corrected chi connectivity index (χ4v) is 8.20. The highest BCUT2D eigenvalue weighted by Gasteiger charge is 2.51. The van der Waals surface area contributed by atoms with Crippen LogP contribution in [0.3, 0.4) is 0 Å². The maximum absolute atomic E-state index is 12.8. The molecule has 1 aliphatic carbocycles. The summed E-state index contributed by atoms with van der Waals surface area (Å²) in [5, 5.41) is 50.0. The van der Waals surface area contributed by atoms with E-state index in [0.29, 0.717) is 12.8 Å². The highest BCUT2D eigenvalue weighted by atomic mass is 31.2. The third-order valence-electron chi connectivity index (χ3n) is 10.9. The second-order valence-corrected chi connectivity index (χ2v) is 17.7. The maximum Gasteiger partial charge on any atom is 0.472 e. The van der Waals surface area contributed by atoms with Crippen molar-refractivity contribution in [3.8, 4) is 0 Å². The fraction of sp³-hybridized carbons (Fsp3) is 0.953. The predicted molar refractivity (Wildman–Crippen MR) is 221 cm³/mol. The summed E-state index contributed by atoms with van der Waals surface area (Å²) in [7, 11) is -5.10. The molecule has 1 saturated carbocycles. The van der Waals surface area contributed by atoms with Gasteiger partial charge in [0.25, 0.3) is 0 Å². The van der Waals surface area contributed by atoms with Gasteiger partial charge in [0.05, 0.1) is 6.61 Å². The molecule has 1 rings (SSSR count). The molecule has 6 unspecified atom stereocenters. The predicted octanol–water partition coefficient (Wildman–Crippen LogP) is 8.50. The highest BCUT2D eigenvalue weighted by molar-refractivity contribution is 7.47. The summed E-state index contributed by atoms with van der Waals surface area (Å²) >= 11 is 0. The molecule has 0 aliphatic heterocycles. The van der Waals surface area contributed by atoms with Gasteiger partial charge in [0.1, 0.15) is 43.2 Å². The first-order valence-corrected chi connectivity index (χ1v) is 24.3. The van der Waals surface area contributed by atoms with Crippen molar-refractivity contribution in [1.82, 2.24) is 0 Å². The van der Waals surface area contributed by atoms with Crippen molar-refractivity contribution in [3.05, 3.63) is 0 Å². The molecular weight excluding hydrogens is 755 g/mol. The second kappa shape index (κ2) is 34.6. The Morgan fingerprint density at radius 1 is 0.474 bits per heavy atom. The molecule has 0 spiro atoms. The lowest BCUT2D eigenvalue weighted by atomic mass is 9.85. The zero-order valence-corrected chi connectivity index (χ0v) is 36.6. The Kier molecular flexibility index (Phi) is 32.7. The van der Waals surface area contributed by atoms with Gasteiger partial charge in [-0.2, -0.15) is 0 Å². The Morgan fingerprint density at radius 3 is 1.16 bits per heavy atom. The number of esters is 2. The Morgan fingerprint density at radius 2 is 0.789 bits per heavy atom. The standard InChI is InChI=1S/C43H83O13P/c1-3-5-7-9-11-12-13-14-15-16-17-18-19-20-21-22-23-24-26-28-30-32-37(45)55-35(33-53-36(44)31-29-27-25-10-8-6-4-2)34-54-57(51,52)56-43-41(49)39(47)38(46)40(48)42(43)50/h35,38-43,46-50H,3-34H2,1-2H3,(H,51,52). The van der Waals surface area contributed by atoms with E-state index in [9.17, 15) is 44.6 Å². The third-order valence-corrected chi connectivity index (χ3v) is 11.9. The molecule has 6 N–H and O–H groups in total. The van der Waals surface area contributed by atoms with E-state index in [1.54, 1.807) is 0 Å². The zero-order valence-electron chi connectivity index (χ0n) is 35.7. The topological polar surface area (TPSA) is 210 Å². The Hall–Kier alpha value is -1.15. The second-order valence-electron chi connectivity index (χ2n) is 16.3. The van der Waals surface area contributed by atoms with Crippen molar-refractivity contribution < 1.29 is 63.1 Å². The molecule has 0 aromatic rings. The number of phosphoric ester groups is 1. The first-order chi connectivity index (χ1) is 27.4. The van der Waals surface area contributed by atoms with E-state index in [1.807, 2.05) is 0 Å². The molecule has 57 heavy (non-hydrogen) atoms. The van der Waals surface area contributed by atoms with Crippen LogP contribution < -0.4 is 0 Å². The normalized spacial score (nSPS) is 22.6. The summed E-state index contributed by atoms with van der Waals surface area (Å²) in [6.45, 7) is 3.26. The van der Waals surface area contributed by atoms with Crippen molar-refractivity contribution in [2.75, 3.05) is 13.2 Å². The summed E-state index contributed by atoms with van der Waals surface area (Å²) in [6.07, 6.45) is 20.6. The van der Waals surface area contributed by atoms with Gasteiger partial charge >= 0.3 is 19.8 Å². The molecule has 1 aliphatic rings. The average molecular weight is 839 g/mol. The Bertz CT molecular complexity index is 1020. The largest absolute Gasteiger partial charge is 0.472 e. The van der Waals surface area contributed by atoms with Crippen LogP contribution in [0.4, 0.5) is 0 Å². The molecular formula is C43H83O13P. The Balaban J connectivity index is 2.34. The molecule has 0 aromatic carbocycles. The number of hydrogen-bond acceptors (Lipinski definition) is 12. The number of rotatable bonds is 38. The van der Waals surface area contributed by atoms with Crippen molar-refractivity contribution >= 4 is 19.8 Å². The number of carbonyl (C=O) groups is 2. The lowest BCUT2D eigenvalue weighted by molar-refractivity contribution is -0.220. The molecule has 338 valence electrons. The summed E-state index contributed by atoms with van der Waals surface area (Å²) in [4.78, 5) is 35.5. The smallest absolute Gasteiger partial charge is 0.462 e. The number of unbranched alkanes of at least 4 members (excludes halogenated alkanes) is 26. The first kappa shape index (κ1) is 53.9. The van der Waals surface area contributed by atoms with Crippen LogP contribution in [-0.2, 0) is 32.7 Å². The van der Waals surface area contributed by atoms with E-state index in [4.69, 9.17) is 18.5 Å². The van der Waals surface area contributed by atoms with Crippen LogP contribution in [0, 0.1) is 0 Å². The molecule has 0 bridgehead atoms. The van der Waals surface area contributed by atoms with Gasteiger partial charge in [-0.05, 0) is 12.8 Å². The third kappa shape index (κ3) is 27.3. The van der Waals surface area contributed by atoms with E-state index in [1.165, 1.54) is 116 Å². The monoisotopic (exact) mass is 839 g/mol. The van der Waals surface area contributed by atoms with Gasteiger partial charge in [0, 0.05) is 12.8 Å². The van der Waals surface area contributed by atoms with Crippen LogP contribution in [0.2, 0.25) is 0 Å². The maximum atomic E-state index is 12.8. The van der Waals surface area contributed by atoms with E-state index in [-0.39, 0.29) is 12.8 Å². The van der Waals surface area contributed by atoms with Crippen LogP contribution in [0.1, 0.15) is 206 Å². The zero-order chi connectivity index (χ0) is 42.2. The van der Waals surface area contributed by atoms with Gasteiger partial charge in [-0.1, -0.05) is 181 Å². The molecule has 14 heteroatoms. The minimum atomic E-state index is -5.10. The molecule has 1 fully saturated rings. The van der Waals surface area contributed by atoms with Crippen molar-refractivity contribution in [2.45, 2.75) is 249 Å². The van der Waals surface area contributed by atoms with Crippen LogP contribution in [0.15, 0.2) is 0 Å². The molecule has 0 amide bonds. The molecule has 0 saturated heterocycles. The molecule has 6 atom stereocenters.